The maximum atomic E-state index is 5.58. The number of aryl methyl sites for hydroxylation is 1. The molecule has 1 atom stereocenters. The number of aromatic nitrogens is 1. The molecule has 2 N–H and O–H groups in total. The van der Waals surface area contributed by atoms with Gasteiger partial charge in [0.05, 0.1) is 6.26 Å². The Morgan fingerprint density at radius 2 is 2.27 bits per heavy atom. The lowest BCUT2D eigenvalue weighted by molar-refractivity contribution is -0.671. The summed E-state index contributed by atoms with van der Waals surface area (Å²) < 4.78 is 7.03. The second-order valence-corrected chi connectivity index (χ2v) is 3.34. The SMILES string of the molecule is C[n+]1cccc(C2C=COC(N)=C2)c1.[I-]. The molecule has 1 aromatic rings. The molecule has 0 saturated heterocycles. The molecular weight excluding hydrogens is 303 g/mol. The Morgan fingerprint density at radius 3 is 2.93 bits per heavy atom. The zero-order chi connectivity index (χ0) is 9.97. The van der Waals surface area contributed by atoms with E-state index in [0.29, 0.717) is 5.88 Å². The minimum atomic E-state index is 0. The van der Waals surface area contributed by atoms with Crippen LogP contribution in [0.5, 0.6) is 0 Å². The van der Waals surface area contributed by atoms with Crippen LogP contribution < -0.4 is 34.3 Å². The van der Waals surface area contributed by atoms with Crippen molar-refractivity contribution in [3.8, 4) is 0 Å². The average Bonchev–Trinajstić information content (AvgIpc) is 2.18. The summed E-state index contributed by atoms with van der Waals surface area (Å²) in [5.41, 5.74) is 6.79. The van der Waals surface area contributed by atoms with Gasteiger partial charge in [-0.05, 0) is 18.2 Å². The largest absolute Gasteiger partial charge is 1.00 e. The third-order valence-electron chi connectivity index (χ3n) is 2.18. The van der Waals surface area contributed by atoms with Crippen molar-refractivity contribution in [3.05, 3.63) is 54.4 Å². The number of nitrogens with two attached hydrogens (primary N) is 1. The van der Waals surface area contributed by atoms with Crippen molar-refractivity contribution in [3.63, 3.8) is 0 Å². The molecule has 2 heterocycles. The Hall–Kier alpha value is -1.04. The molecule has 1 aromatic heterocycles. The first-order valence-corrected chi connectivity index (χ1v) is 4.51. The highest BCUT2D eigenvalue weighted by Crippen LogP contribution is 2.21. The molecule has 1 aliphatic rings. The van der Waals surface area contributed by atoms with Crippen molar-refractivity contribution >= 4 is 0 Å². The molecule has 80 valence electrons. The van der Waals surface area contributed by atoms with Crippen LogP contribution in [0.15, 0.2) is 48.8 Å². The highest BCUT2D eigenvalue weighted by Gasteiger charge is 2.12. The van der Waals surface area contributed by atoms with Crippen molar-refractivity contribution in [2.75, 3.05) is 0 Å². The number of rotatable bonds is 1. The van der Waals surface area contributed by atoms with Crippen LogP contribution in [0, 0.1) is 0 Å². The van der Waals surface area contributed by atoms with Gasteiger partial charge in [0.15, 0.2) is 18.3 Å². The molecule has 1 aliphatic heterocycles. The van der Waals surface area contributed by atoms with Crippen LogP contribution in [0.3, 0.4) is 0 Å². The van der Waals surface area contributed by atoms with Crippen LogP contribution in [0.25, 0.3) is 0 Å². The van der Waals surface area contributed by atoms with Gasteiger partial charge in [-0.2, -0.15) is 0 Å². The van der Waals surface area contributed by atoms with E-state index >= 15 is 0 Å². The summed E-state index contributed by atoms with van der Waals surface area (Å²) in [6, 6.07) is 4.09. The van der Waals surface area contributed by atoms with Crippen LogP contribution in [-0.2, 0) is 11.8 Å². The van der Waals surface area contributed by atoms with Gasteiger partial charge >= 0.3 is 0 Å². The fourth-order valence-corrected chi connectivity index (χ4v) is 1.49. The molecule has 0 bridgehead atoms. The van der Waals surface area contributed by atoms with Crippen molar-refractivity contribution in [1.82, 2.24) is 0 Å². The molecule has 1 unspecified atom stereocenters. The van der Waals surface area contributed by atoms with Gasteiger partial charge in [-0.15, -0.1) is 0 Å². The number of hydrogen-bond donors (Lipinski definition) is 1. The Kier molecular flexibility index (Phi) is 4.14. The Labute approximate surface area is 106 Å². The van der Waals surface area contributed by atoms with Crippen LogP contribution in [-0.4, -0.2) is 0 Å². The minimum Gasteiger partial charge on any atom is -1.00 e. The summed E-state index contributed by atoms with van der Waals surface area (Å²) in [4.78, 5) is 0. The van der Waals surface area contributed by atoms with Crippen LogP contribution >= 0.6 is 0 Å². The van der Waals surface area contributed by atoms with Crippen LogP contribution in [0.2, 0.25) is 0 Å². The predicted octanol–water partition coefficient (Wildman–Crippen LogP) is -2.06. The molecule has 15 heavy (non-hydrogen) atoms. The fourth-order valence-electron chi connectivity index (χ4n) is 1.49. The molecule has 3 nitrogen and oxygen atoms in total. The second-order valence-electron chi connectivity index (χ2n) is 3.34. The first-order valence-electron chi connectivity index (χ1n) is 4.51. The molecule has 0 aliphatic carbocycles. The topological polar surface area (TPSA) is 39.1 Å². The summed E-state index contributed by atoms with van der Waals surface area (Å²) in [5.74, 6) is 0.681. The molecule has 0 saturated carbocycles. The van der Waals surface area contributed by atoms with E-state index in [4.69, 9.17) is 10.5 Å². The summed E-state index contributed by atoms with van der Waals surface area (Å²) in [5, 5.41) is 0. The van der Waals surface area contributed by atoms with E-state index in [1.165, 1.54) is 5.56 Å². The average molecular weight is 316 g/mol. The summed E-state index contributed by atoms with van der Waals surface area (Å²) in [6.07, 6.45) is 9.58. The maximum Gasteiger partial charge on any atom is 0.186 e. The van der Waals surface area contributed by atoms with Gasteiger partial charge < -0.3 is 34.4 Å². The number of halogens is 1. The summed E-state index contributed by atoms with van der Waals surface area (Å²) in [7, 11) is 2.00. The van der Waals surface area contributed by atoms with Crippen molar-refractivity contribution in [1.29, 1.82) is 0 Å². The van der Waals surface area contributed by atoms with E-state index in [2.05, 4.69) is 12.3 Å². The van der Waals surface area contributed by atoms with Gasteiger partial charge in [0.25, 0.3) is 0 Å². The molecule has 0 spiro atoms. The summed E-state index contributed by atoms with van der Waals surface area (Å²) in [6.45, 7) is 0. The van der Waals surface area contributed by atoms with Gasteiger partial charge in [-0.1, -0.05) is 0 Å². The second kappa shape index (κ2) is 5.16. The number of nitrogens with zero attached hydrogens (tertiary/aromatic N) is 1. The van der Waals surface area contributed by atoms with Crippen molar-refractivity contribution in [2.45, 2.75) is 5.92 Å². The predicted molar refractivity (Wildman–Crippen MR) is 52.9 cm³/mol. The van der Waals surface area contributed by atoms with Gasteiger partial charge in [0, 0.05) is 17.5 Å². The van der Waals surface area contributed by atoms with E-state index in [-0.39, 0.29) is 29.9 Å². The number of allylic oxidation sites excluding steroid dienone is 2. The first-order chi connectivity index (χ1) is 6.75. The van der Waals surface area contributed by atoms with Crippen molar-refractivity contribution in [2.24, 2.45) is 12.8 Å². The Balaban J connectivity index is 0.00000112. The Morgan fingerprint density at radius 1 is 1.47 bits per heavy atom. The smallest absolute Gasteiger partial charge is 0.186 e. The van der Waals surface area contributed by atoms with Crippen LogP contribution in [0.4, 0.5) is 0 Å². The van der Waals surface area contributed by atoms with E-state index in [0.717, 1.165) is 0 Å². The maximum absolute atomic E-state index is 5.58. The fraction of sp³-hybridized carbons (Fsp3) is 0.182. The zero-order valence-corrected chi connectivity index (χ0v) is 10.6. The van der Waals surface area contributed by atoms with Gasteiger partial charge in [-0.25, -0.2) is 4.57 Å². The third-order valence-corrected chi connectivity index (χ3v) is 2.18. The lowest BCUT2D eigenvalue weighted by Gasteiger charge is -2.12. The van der Waals surface area contributed by atoms with Gasteiger partial charge in [0.1, 0.15) is 7.05 Å². The molecule has 0 amide bonds. The van der Waals surface area contributed by atoms with E-state index in [1.54, 1.807) is 6.26 Å². The molecule has 0 fully saturated rings. The zero-order valence-electron chi connectivity index (χ0n) is 8.43. The normalized spacial score (nSPS) is 18.7. The molecular formula is C11H13IN2O. The molecule has 4 heteroatoms. The van der Waals surface area contributed by atoms with Gasteiger partial charge in [0.2, 0.25) is 0 Å². The molecule has 0 aromatic carbocycles. The van der Waals surface area contributed by atoms with Crippen LogP contribution in [0.1, 0.15) is 11.5 Å². The third kappa shape index (κ3) is 2.95. The van der Waals surface area contributed by atoms with E-state index in [9.17, 15) is 0 Å². The van der Waals surface area contributed by atoms with Crippen molar-refractivity contribution < 1.29 is 33.3 Å². The molecule has 2 rings (SSSR count). The van der Waals surface area contributed by atoms with E-state index in [1.807, 2.05) is 36.0 Å². The lowest BCUT2D eigenvalue weighted by atomic mass is 10.00. The number of hydrogen-bond acceptors (Lipinski definition) is 2. The Bertz CT molecular complexity index is 401. The monoisotopic (exact) mass is 316 g/mol. The standard InChI is InChI=1S/C11H13N2O.HI/c1-13-5-2-3-10(8-13)9-4-6-14-11(12)7-9;/h2-9H,12H2,1H3;1H/q+1;/p-1. The lowest BCUT2D eigenvalue weighted by Crippen LogP contribution is -3.00. The van der Waals surface area contributed by atoms with E-state index < -0.39 is 0 Å². The summed E-state index contributed by atoms with van der Waals surface area (Å²) >= 11 is 0. The number of pyridine rings is 1. The number of ether oxygens (including phenoxy) is 1. The van der Waals surface area contributed by atoms with Gasteiger partial charge in [-0.3, -0.25) is 0 Å². The quantitative estimate of drug-likeness (QED) is 0.478. The molecule has 0 radical (unpaired) electrons. The first kappa shape index (κ1) is 12.0. The highest BCUT2D eigenvalue weighted by atomic mass is 127. The highest BCUT2D eigenvalue weighted by molar-refractivity contribution is 5.26. The minimum absolute atomic E-state index is 0.